The monoisotopic (exact) mass is 321 g/mol. The topological polar surface area (TPSA) is 50.4 Å². The average Bonchev–Trinajstić information content (AvgIpc) is 2.96. The van der Waals surface area contributed by atoms with E-state index in [0.29, 0.717) is 16.4 Å². The van der Waals surface area contributed by atoms with Gasteiger partial charge >= 0.3 is 0 Å². The zero-order valence-electron chi connectivity index (χ0n) is 12.0. The summed E-state index contributed by atoms with van der Waals surface area (Å²) in [6.45, 7) is 0. The average molecular weight is 322 g/mol. The molecule has 4 rings (SSSR count). The minimum atomic E-state index is 0.110. The van der Waals surface area contributed by atoms with Crippen molar-refractivity contribution in [2.75, 3.05) is 0 Å². The Hall–Kier alpha value is -2.85. The fourth-order valence-electron chi connectivity index (χ4n) is 2.59. The number of imidazole rings is 1. The number of nitrogens with zero attached hydrogens (tertiary/aromatic N) is 3. The number of hydrogen-bond acceptors (Lipinski definition) is 3. The molecule has 0 aliphatic carbocycles. The van der Waals surface area contributed by atoms with Crippen molar-refractivity contribution in [3.8, 4) is 28.5 Å². The molecule has 0 aliphatic heterocycles. The second kappa shape index (κ2) is 5.41. The molecule has 112 valence electrons. The van der Waals surface area contributed by atoms with Crippen LogP contribution >= 0.6 is 11.6 Å². The number of hydrogen-bond donors (Lipinski definition) is 1. The lowest BCUT2D eigenvalue weighted by atomic mass is 10.2. The van der Waals surface area contributed by atoms with Gasteiger partial charge in [-0.2, -0.15) is 0 Å². The van der Waals surface area contributed by atoms with Gasteiger partial charge in [-0.15, -0.1) is 0 Å². The standard InChI is InChI=1S/C18H12ClN3O/c19-13-8-6-12(7-9-13)18-21-16(14-4-1-2-11-22(14)18)17-15(23)5-3-10-20-17/h1-11,23H. The summed E-state index contributed by atoms with van der Waals surface area (Å²) in [5.74, 6) is 0.885. The van der Waals surface area contributed by atoms with Gasteiger partial charge in [0.25, 0.3) is 0 Å². The number of halogens is 1. The fourth-order valence-corrected chi connectivity index (χ4v) is 2.72. The predicted molar refractivity (Wildman–Crippen MR) is 90.5 cm³/mol. The second-order valence-electron chi connectivity index (χ2n) is 5.12. The quantitative estimate of drug-likeness (QED) is 0.594. The summed E-state index contributed by atoms with van der Waals surface area (Å²) in [7, 11) is 0. The summed E-state index contributed by atoms with van der Waals surface area (Å²) in [4.78, 5) is 8.99. The van der Waals surface area contributed by atoms with Crippen LogP contribution in [0.15, 0.2) is 67.0 Å². The van der Waals surface area contributed by atoms with E-state index in [-0.39, 0.29) is 5.75 Å². The largest absolute Gasteiger partial charge is 0.506 e. The molecule has 23 heavy (non-hydrogen) atoms. The predicted octanol–water partition coefficient (Wildman–Crippen LogP) is 4.42. The summed E-state index contributed by atoms with van der Waals surface area (Å²) in [5, 5.41) is 10.8. The Kier molecular flexibility index (Phi) is 3.24. The molecule has 0 spiro atoms. The van der Waals surface area contributed by atoms with Crippen molar-refractivity contribution < 1.29 is 5.11 Å². The van der Waals surface area contributed by atoms with Crippen molar-refractivity contribution in [3.63, 3.8) is 0 Å². The molecule has 0 fully saturated rings. The number of pyridine rings is 2. The summed E-state index contributed by atoms with van der Waals surface area (Å²) < 4.78 is 1.98. The third-order valence-electron chi connectivity index (χ3n) is 3.66. The van der Waals surface area contributed by atoms with Crippen LogP contribution in [0.4, 0.5) is 0 Å². The van der Waals surface area contributed by atoms with Crippen LogP contribution in [0.1, 0.15) is 0 Å². The first-order chi connectivity index (χ1) is 11.2. The summed E-state index contributed by atoms with van der Waals surface area (Å²) in [5.41, 5.74) is 2.94. The Morgan fingerprint density at radius 2 is 1.74 bits per heavy atom. The number of fused-ring (bicyclic) bond motifs is 1. The molecule has 0 bridgehead atoms. The molecule has 3 aromatic heterocycles. The van der Waals surface area contributed by atoms with Gasteiger partial charge in [0.05, 0.1) is 5.52 Å². The maximum atomic E-state index is 10.1. The van der Waals surface area contributed by atoms with Gasteiger partial charge in [-0.1, -0.05) is 17.7 Å². The van der Waals surface area contributed by atoms with Gasteiger partial charge in [0.15, 0.2) is 0 Å². The van der Waals surface area contributed by atoms with E-state index in [1.54, 1.807) is 18.3 Å². The zero-order chi connectivity index (χ0) is 15.8. The van der Waals surface area contributed by atoms with E-state index in [4.69, 9.17) is 16.6 Å². The van der Waals surface area contributed by atoms with Gasteiger partial charge in [0.1, 0.15) is 23.0 Å². The van der Waals surface area contributed by atoms with E-state index < -0.39 is 0 Å². The first-order valence-corrected chi connectivity index (χ1v) is 7.49. The Balaban J connectivity index is 2.01. The van der Waals surface area contributed by atoms with Crippen molar-refractivity contribution >= 4 is 17.1 Å². The minimum Gasteiger partial charge on any atom is -0.506 e. The zero-order valence-corrected chi connectivity index (χ0v) is 12.8. The summed E-state index contributed by atoms with van der Waals surface area (Å²) >= 11 is 5.97. The number of rotatable bonds is 2. The third-order valence-corrected chi connectivity index (χ3v) is 3.91. The van der Waals surface area contributed by atoms with Gasteiger partial charge in [-0.3, -0.25) is 9.38 Å². The van der Waals surface area contributed by atoms with Crippen LogP contribution in [0.2, 0.25) is 5.02 Å². The van der Waals surface area contributed by atoms with Gasteiger partial charge in [-0.05, 0) is 48.5 Å². The van der Waals surface area contributed by atoms with Gasteiger partial charge < -0.3 is 5.11 Å². The Morgan fingerprint density at radius 3 is 2.52 bits per heavy atom. The third kappa shape index (κ3) is 2.33. The molecule has 0 radical (unpaired) electrons. The lowest BCUT2D eigenvalue weighted by molar-refractivity contribution is 0.475. The van der Waals surface area contributed by atoms with E-state index in [1.807, 2.05) is 53.1 Å². The number of aromatic nitrogens is 3. The molecule has 4 nitrogen and oxygen atoms in total. The first kappa shape index (κ1) is 13.8. The highest BCUT2D eigenvalue weighted by Crippen LogP contribution is 2.32. The molecule has 4 aromatic rings. The van der Waals surface area contributed by atoms with Crippen molar-refractivity contribution in [1.82, 2.24) is 14.4 Å². The van der Waals surface area contributed by atoms with Gasteiger partial charge in [-0.25, -0.2) is 4.98 Å². The Bertz CT molecular complexity index is 993. The molecule has 0 amide bonds. The molecule has 0 saturated heterocycles. The summed E-state index contributed by atoms with van der Waals surface area (Å²) in [6, 6.07) is 16.6. The lowest BCUT2D eigenvalue weighted by Crippen LogP contribution is -1.87. The van der Waals surface area contributed by atoms with Crippen LogP contribution in [-0.2, 0) is 0 Å². The molecule has 5 heteroatoms. The maximum Gasteiger partial charge on any atom is 0.145 e. The summed E-state index contributed by atoms with van der Waals surface area (Å²) in [6.07, 6.45) is 3.58. The number of aromatic hydroxyl groups is 1. The molecule has 0 unspecified atom stereocenters. The van der Waals surface area contributed by atoms with Crippen LogP contribution in [0.3, 0.4) is 0 Å². The maximum absolute atomic E-state index is 10.1. The van der Waals surface area contributed by atoms with E-state index >= 15 is 0 Å². The van der Waals surface area contributed by atoms with E-state index in [0.717, 1.165) is 16.9 Å². The molecule has 0 aliphatic rings. The second-order valence-corrected chi connectivity index (χ2v) is 5.55. The van der Waals surface area contributed by atoms with E-state index in [9.17, 15) is 5.11 Å². The fraction of sp³-hybridized carbons (Fsp3) is 0. The van der Waals surface area contributed by atoms with Crippen molar-refractivity contribution in [3.05, 3.63) is 72.0 Å². The van der Waals surface area contributed by atoms with Crippen LogP contribution in [-0.4, -0.2) is 19.5 Å². The van der Waals surface area contributed by atoms with Crippen molar-refractivity contribution in [1.29, 1.82) is 0 Å². The number of benzene rings is 1. The molecular formula is C18H12ClN3O. The van der Waals surface area contributed by atoms with Crippen molar-refractivity contribution in [2.45, 2.75) is 0 Å². The Labute approximate surface area is 137 Å². The van der Waals surface area contributed by atoms with Gasteiger partial charge in [0.2, 0.25) is 0 Å². The van der Waals surface area contributed by atoms with Gasteiger partial charge in [0, 0.05) is 23.0 Å². The normalized spacial score (nSPS) is 11.0. The molecule has 0 saturated carbocycles. The smallest absolute Gasteiger partial charge is 0.145 e. The van der Waals surface area contributed by atoms with Crippen molar-refractivity contribution in [2.24, 2.45) is 0 Å². The molecule has 3 heterocycles. The van der Waals surface area contributed by atoms with E-state index in [1.165, 1.54) is 0 Å². The van der Waals surface area contributed by atoms with Crippen LogP contribution in [0.5, 0.6) is 5.75 Å². The first-order valence-electron chi connectivity index (χ1n) is 7.11. The van der Waals surface area contributed by atoms with E-state index in [2.05, 4.69) is 4.98 Å². The molecule has 1 N–H and O–H groups in total. The molecule has 0 atom stereocenters. The molecular weight excluding hydrogens is 310 g/mol. The Morgan fingerprint density at radius 1 is 0.913 bits per heavy atom. The van der Waals surface area contributed by atoms with Crippen LogP contribution in [0.25, 0.3) is 28.3 Å². The highest BCUT2D eigenvalue weighted by molar-refractivity contribution is 6.30. The minimum absolute atomic E-state index is 0.110. The van der Waals surface area contributed by atoms with Crippen LogP contribution < -0.4 is 0 Å². The highest BCUT2D eigenvalue weighted by Gasteiger charge is 2.17. The lowest BCUT2D eigenvalue weighted by Gasteiger charge is -2.01. The highest BCUT2D eigenvalue weighted by atomic mass is 35.5. The SMILES string of the molecule is Oc1cccnc1-c1nc(-c2ccc(Cl)cc2)n2ccccc12. The van der Waals surface area contributed by atoms with Crippen LogP contribution in [0, 0.1) is 0 Å². The molecule has 1 aromatic carbocycles.